The molecule has 1 unspecified atom stereocenters. The molecule has 25 heavy (non-hydrogen) atoms. The molecule has 2 aromatic rings. The van der Waals surface area contributed by atoms with E-state index in [0.29, 0.717) is 15.7 Å². The zero-order chi connectivity index (χ0) is 18.0. The van der Waals surface area contributed by atoms with Crippen molar-refractivity contribution in [1.29, 1.82) is 5.26 Å². The molecule has 0 aromatic heterocycles. The fourth-order valence-electron chi connectivity index (χ4n) is 2.72. The van der Waals surface area contributed by atoms with E-state index in [1.807, 2.05) is 42.5 Å². The van der Waals surface area contributed by atoms with Gasteiger partial charge in [0.1, 0.15) is 0 Å². The number of nitrogens with zero attached hydrogens (tertiary/aromatic N) is 1. The van der Waals surface area contributed by atoms with Gasteiger partial charge >= 0.3 is 152 Å². The zero-order valence-electron chi connectivity index (χ0n) is 13.7. The van der Waals surface area contributed by atoms with E-state index >= 15 is 0 Å². The molecule has 5 nitrogen and oxygen atoms in total. The third-order valence-corrected chi connectivity index (χ3v) is 6.78. The summed E-state index contributed by atoms with van der Waals surface area (Å²) in [4.78, 5) is 11.2. The minimum absolute atomic E-state index is 0.0648. The van der Waals surface area contributed by atoms with Crippen LogP contribution >= 0.6 is 0 Å². The first kappa shape index (κ1) is 17.1. The van der Waals surface area contributed by atoms with Gasteiger partial charge in [-0.1, -0.05) is 0 Å². The summed E-state index contributed by atoms with van der Waals surface area (Å²) in [6.45, 7) is 1.78. The molecule has 0 fully saturated rings. The molecule has 1 atom stereocenters. The van der Waals surface area contributed by atoms with Gasteiger partial charge in [0.2, 0.25) is 0 Å². The Balaban J connectivity index is 1.94. The van der Waals surface area contributed by atoms with Crippen LogP contribution < -0.4 is 10.1 Å². The van der Waals surface area contributed by atoms with Crippen molar-refractivity contribution in [3.63, 3.8) is 0 Å². The molecule has 1 aliphatic rings. The van der Waals surface area contributed by atoms with Crippen LogP contribution in [0, 0.1) is 11.3 Å². The number of hydrogen-bond donors (Lipinski definition) is 2. The van der Waals surface area contributed by atoms with Gasteiger partial charge in [-0.25, -0.2) is 0 Å². The van der Waals surface area contributed by atoms with Gasteiger partial charge in [0.25, 0.3) is 0 Å². The Kier molecular flexibility index (Phi) is 4.80. The fraction of sp³-hybridized carbons (Fsp3) is 0.158. The van der Waals surface area contributed by atoms with E-state index in [0.717, 1.165) is 22.4 Å². The van der Waals surface area contributed by atoms with Crippen LogP contribution in [0.4, 0.5) is 0 Å². The number of methoxy groups -OCH3 is 1. The Morgan fingerprint density at radius 1 is 1.32 bits per heavy atom. The normalized spacial score (nSPS) is 16.3. The molecule has 2 N–H and O–H groups in total. The minimum atomic E-state index is -0.874. The monoisotopic (exact) mass is 400 g/mol. The number of hydrogen-bond acceptors (Lipinski definition) is 4. The summed E-state index contributed by atoms with van der Waals surface area (Å²) in [6.07, 6.45) is 0. The van der Waals surface area contributed by atoms with E-state index in [-0.39, 0.29) is 19.9 Å². The molecule has 0 aliphatic carbocycles. The van der Waals surface area contributed by atoms with Crippen LogP contribution in [0.25, 0.3) is 11.1 Å². The van der Waals surface area contributed by atoms with Crippen molar-refractivity contribution in [3.8, 4) is 22.9 Å². The third-order valence-electron chi connectivity index (χ3n) is 3.97. The average Bonchev–Trinajstić information content (AvgIpc) is 3.03. The first-order valence-electron chi connectivity index (χ1n) is 7.59. The van der Waals surface area contributed by atoms with Crippen molar-refractivity contribution in [2.24, 2.45) is 0 Å². The molecule has 2 aromatic carbocycles. The molecule has 3 rings (SSSR count). The fourth-order valence-corrected chi connectivity index (χ4v) is 5.01. The van der Waals surface area contributed by atoms with Crippen molar-refractivity contribution in [2.45, 2.75) is 11.9 Å². The average molecular weight is 399 g/mol. The predicted molar refractivity (Wildman–Crippen MR) is 95.1 cm³/mol. The Hall–Kier alpha value is -2.74. The standard InChI is InChI=1S/C19H16N2O3Se/c1-11-17(19(22)23)25-18(21-11)13-6-7-16(14(8-13)10-20)12-4-3-5-15(9-12)24-2/h3-9,18,21H,1-2H3,(H,22,23). The van der Waals surface area contributed by atoms with Crippen LogP contribution in [0.15, 0.2) is 52.6 Å². The zero-order valence-corrected chi connectivity index (χ0v) is 15.5. The van der Waals surface area contributed by atoms with E-state index in [1.165, 1.54) is 0 Å². The summed E-state index contributed by atoms with van der Waals surface area (Å²) < 4.78 is 5.70. The number of carboxylic acid groups (broad SMARTS) is 1. The summed E-state index contributed by atoms with van der Waals surface area (Å²) in [7, 11) is 1.61. The topological polar surface area (TPSA) is 82.3 Å². The second-order valence-corrected chi connectivity index (χ2v) is 7.89. The SMILES string of the molecule is COc1cccc(-c2ccc(C3NC(C)=C(C(=O)O)[Se]3)cc2C#N)c1. The third kappa shape index (κ3) is 3.39. The Morgan fingerprint density at radius 3 is 2.76 bits per heavy atom. The molecule has 0 bridgehead atoms. The summed E-state index contributed by atoms with van der Waals surface area (Å²) in [5, 5.41) is 22.0. The van der Waals surface area contributed by atoms with Crippen LogP contribution in [-0.4, -0.2) is 33.1 Å². The van der Waals surface area contributed by atoms with Crippen LogP contribution in [-0.2, 0) is 4.79 Å². The molecule has 0 saturated carbocycles. The first-order chi connectivity index (χ1) is 12.0. The maximum absolute atomic E-state index is 11.3. The van der Waals surface area contributed by atoms with E-state index in [9.17, 15) is 15.2 Å². The van der Waals surface area contributed by atoms with Gasteiger partial charge in [-0.3, -0.25) is 0 Å². The van der Waals surface area contributed by atoms with Gasteiger partial charge in [0, 0.05) is 0 Å². The summed E-state index contributed by atoms with van der Waals surface area (Å²) >= 11 is -0.222. The van der Waals surface area contributed by atoms with Crippen molar-refractivity contribution >= 4 is 20.9 Å². The van der Waals surface area contributed by atoms with Crippen LogP contribution in [0.2, 0.25) is 0 Å². The van der Waals surface area contributed by atoms with Crippen molar-refractivity contribution in [3.05, 3.63) is 63.8 Å². The van der Waals surface area contributed by atoms with Gasteiger partial charge in [-0.05, 0) is 0 Å². The number of carboxylic acids is 1. The number of aliphatic carboxylic acids is 1. The van der Waals surface area contributed by atoms with Gasteiger partial charge in [-0.15, -0.1) is 0 Å². The van der Waals surface area contributed by atoms with E-state index < -0.39 is 5.97 Å². The van der Waals surface area contributed by atoms with E-state index in [4.69, 9.17) is 4.74 Å². The molecule has 1 aliphatic heterocycles. The molecule has 0 saturated heterocycles. The molecule has 6 heteroatoms. The summed E-state index contributed by atoms with van der Waals surface area (Å²) in [5.41, 5.74) is 3.93. The second-order valence-electron chi connectivity index (χ2n) is 5.55. The van der Waals surface area contributed by atoms with Gasteiger partial charge in [-0.2, -0.15) is 0 Å². The number of rotatable bonds is 4. The van der Waals surface area contributed by atoms with Gasteiger partial charge < -0.3 is 0 Å². The van der Waals surface area contributed by atoms with Crippen LogP contribution in [0.5, 0.6) is 5.75 Å². The number of allylic oxidation sites excluding steroid dienone is 1. The van der Waals surface area contributed by atoms with Crippen LogP contribution in [0.1, 0.15) is 23.0 Å². The number of carbonyl (C=O) groups is 1. The predicted octanol–water partition coefficient (Wildman–Crippen LogP) is 2.86. The molecule has 0 amide bonds. The maximum atomic E-state index is 11.3. The number of nitrogens with one attached hydrogen (secondary N) is 1. The summed E-state index contributed by atoms with van der Waals surface area (Å²) in [6, 6.07) is 15.5. The molecule has 0 radical (unpaired) electrons. The second kappa shape index (κ2) is 7.02. The van der Waals surface area contributed by atoms with Gasteiger partial charge in [0.05, 0.1) is 0 Å². The summed E-state index contributed by atoms with van der Waals surface area (Å²) in [5.74, 6) is -0.141. The Labute approximate surface area is 152 Å². The Bertz CT molecular complexity index is 915. The number of nitriles is 1. The molecule has 0 spiro atoms. The molecule has 126 valence electrons. The van der Waals surface area contributed by atoms with E-state index in [1.54, 1.807) is 14.0 Å². The van der Waals surface area contributed by atoms with Crippen LogP contribution in [0.3, 0.4) is 0 Å². The van der Waals surface area contributed by atoms with Crippen molar-refractivity contribution in [2.75, 3.05) is 7.11 Å². The quantitative estimate of drug-likeness (QED) is 0.773. The first-order valence-corrected chi connectivity index (χ1v) is 9.44. The van der Waals surface area contributed by atoms with Crippen molar-refractivity contribution in [1.82, 2.24) is 5.32 Å². The molecular weight excluding hydrogens is 383 g/mol. The molecule has 1 heterocycles. The Morgan fingerprint density at radius 2 is 2.12 bits per heavy atom. The number of benzene rings is 2. The number of ether oxygens (including phenoxy) is 1. The van der Waals surface area contributed by atoms with Crippen molar-refractivity contribution < 1.29 is 14.6 Å². The van der Waals surface area contributed by atoms with Gasteiger partial charge in [0.15, 0.2) is 0 Å². The van der Waals surface area contributed by atoms with E-state index in [2.05, 4.69) is 11.4 Å². The molecular formula is C19H16N2O3Se.